The molecule has 2 aliphatic rings. The number of fused-ring (bicyclic) bond motifs is 1. The molecule has 0 spiro atoms. The van der Waals surface area contributed by atoms with Gasteiger partial charge in [0.05, 0.1) is 17.5 Å². The molecule has 2 heterocycles. The summed E-state index contributed by atoms with van der Waals surface area (Å²) in [6.45, 7) is 4.98. The summed E-state index contributed by atoms with van der Waals surface area (Å²) >= 11 is 0. The predicted molar refractivity (Wildman–Crippen MR) is 167 cm³/mol. The van der Waals surface area contributed by atoms with Crippen molar-refractivity contribution < 1.29 is 17.9 Å². The van der Waals surface area contributed by atoms with Crippen LogP contribution in [0.3, 0.4) is 0 Å². The van der Waals surface area contributed by atoms with Crippen LogP contribution >= 0.6 is 0 Å². The fraction of sp³-hybridized carbons (Fsp3) is 0.286. The fourth-order valence-electron chi connectivity index (χ4n) is 6.27. The quantitative estimate of drug-likeness (QED) is 0.282. The van der Waals surface area contributed by atoms with Crippen LogP contribution in [0.5, 0.6) is 5.75 Å². The van der Waals surface area contributed by atoms with E-state index in [1.54, 1.807) is 24.3 Å². The summed E-state index contributed by atoms with van der Waals surface area (Å²) in [6, 6.07) is 34.4. The van der Waals surface area contributed by atoms with Crippen molar-refractivity contribution in [3.63, 3.8) is 0 Å². The maximum absolute atomic E-state index is 14.2. The van der Waals surface area contributed by atoms with Crippen LogP contribution in [0.1, 0.15) is 35.2 Å². The summed E-state index contributed by atoms with van der Waals surface area (Å²) in [4.78, 5) is 18.6. The van der Waals surface area contributed by atoms with Crippen molar-refractivity contribution in [2.45, 2.75) is 36.9 Å². The summed E-state index contributed by atoms with van der Waals surface area (Å²) in [5.74, 6) is 0.472. The standard InChI is InChI=1S/C35H37N3O4S/c1-2-42-31-17-19-32(20-18-31)43(40,41)38-26-30-16-10-9-15-29(30)25-33(38)35(39)37-23-21-36(22-24-37)34(27-11-5-3-6-12-27)28-13-7-4-8-14-28/h3-20,33-34H,2,21-26H2,1H3/t33-/m1/s1. The Morgan fingerprint density at radius 1 is 0.767 bits per heavy atom. The van der Waals surface area contributed by atoms with Crippen LogP contribution in [-0.2, 0) is 27.8 Å². The van der Waals surface area contributed by atoms with E-state index in [0.29, 0.717) is 45.0 Å². The maximum Gasteiger partial charge on any atom is 0.244 e. The predicted octanol–water partition coefficient (Wildman–Crippen LogP) is 5.13. The smallest absolute Gasteiger partial charge is 0.244 e. The average molecular weight is 596 g/mol. The minimum Gasteiger partial charge on any atom is -0.494 e. The summed E-state index contributed by atoms with van der Waals surface area (Å²) in [6.07, 6.45) is 0.349. The first-order valence-corrected chi connectivity index (χ1v) is 16.3. The van der Waals surface area contributed by atoms with Gasteiger partial charge in [-0.1, -0.05) is 84.9 Å². The maximum atomic E-state index is 14.2. The first kappa shape index (κ1) is 29.1. The second-order valence-electron chi connectivity index (χ2n) is 11.0. The number of amides is 1. The highest BCUT2D eigenvalue weighted by Gasteiger charge is 2.42. The van der Waals surface area contributed by atoms with Gasteiger partial charge >= 0.3 is 0 Å². The molecule has 0 N–H and O–H groups in total. The number of nitrogens with zero attached hydrogens (tertiary/aromatic N) is 3. The molecule has 0 bridgehead atoms. The van der Waals surface area contributed by atoms with Crippen molar-refractivity contribution in [2.75, 3.05) is 32.8 Å². The van der Waals surface area contributed by atoms with Crippen LogP contribution in [0.2, 0.25) is 0 Å². The van der Waals surface area contributed by atoms with Gasteiger partial charge < -0.3 is 9.64 Å². The lowest BCUT2D eigenvalue weighted by molar-refractivity contribution is -0.137. The van der Waals surface area contributed by atoms with Crippen molar-refractivity contribution in [1.29, 1.82) is 0 Å². The third-order valence-corrected chi connectivity index (χ3v) is 10.3. The largest absolute Gasteiger partial charge is 0.494 e. The highest BCUT2D eigenvalue weighted by molar-refractivity contribution is 7.89. The molecule has 4 aromatic carbocycles. The van der Waals surface area contributed by atoms with Crippen LogP contribution in [0.25, 0.3) is 0 Å². The number of benzene rings is 4. The van der Waals surface area contributed by atoms with Gasteiger partial charge in [0.2, 0.25) is 15.9 Å². The van der Waals surface area contributed by atoms with E-state index in [1.165, 1.54) is 15.4 Å². The van der Waals surface area contributed by atoms with E-state index in [-0.39, 0.29) is 23.4 Å². The zero-order valence-corrected chi connectivity index (χ0v) is 25.2. The van der Waals surface area contributed by atoms with Crippen LogP contribution in [0, 0.1) is 0 Å². The van der Waals surface area contributed by atoms with Crippen molar-refractivity contribution in [2.24, 2.45) is 0 Å². The van der Waals surface area contributed by atoms with Crippen molar-refractivity contribution in [1.82, 2.24) is 14.1 Å². The van der Waals surface area contributed by atoms with Crippen LogP contribution in [0.4, 0.5) is 0 Å². The molecule has 1 amide bonds. The van der Waals surface area contributed by atoms with Crippen LogP contribution < -0.4 is 4.74 Å². The molecular weight excluding hydrogens is 558 g/mol. The molecule has 6 rings (SSSR count). The van der Waals surface area contributed by atoms with Gasteiger partial charge in [0.25, 0.3) is 0 Å². The molecule has 8 heteroatoms. The van der Waals surface area contributed by atoms with Gasteiger partial charge in [-0.15, -0.1) is 0 Å². The fourth-order valence-corrected chi connectivity index (χ4v) is 7.83. The Kier molecular flexibility index (Phi) is 8.61. The van der Waals surface area contributed by atoms with E-state index in [9.17, 15) is 13.2 Å². The Morgan fingerprint density at radius 3 is 1.91 bits per heavy atom. The Morgan fingerprint density at radius 2 is 1.33 bits per heavy atom. The Hall–Kier alpha value is -3.98. The second kappa shape index (κ2) is 12.7. The molecule has 2 aliphatic heterocycles. The van der Waals surface area contributed by atoms with E-state index in [4.69, 9.17) is 4.74 Å². The molecule has 0 radical (unpaired) electrons. The molecule has 43 heavy (non-hydrogen) atoms. The summed E-state index contributed by atoms with van der Waals surface area (Å²) in [5, 5.41) is 0. The van der Waals surface area contributed by atoms with E-state index < -0.39 is 16.1 Å². The van der Waals surface area contributed by atoms with E-state index >= 15 is 0 Å². The molecule has 0 saturated carbocycles. The molecule has 0 unspecified atom stereocenters. The number of hydrogen-bond donors (Lipinski definition) is 0. The molecule has 1 saturated heterocycles. The van der Waals surface area contributed by atoms with Gasteiger partial charge in [0.1, 0.15) is 11.8 Å². The highest BCUT2D eigenvalue weighted by Crippen LogP contribution is 2.33. The minimum absolute atomic E-state index is 0.0812. The van der Waals surface area contributed by atoms with Gasteiger partial charge in [-0.05, 0) is 59.9 Å². The normalized spacial score (nSPS) is 17.9. The third-order valence-electron chi connectivity index (χ3n) is 8.45. The number of carbonyl (C=O) groups is 1. The summed E-state index contributed by atoms with van der Waals surface area (Å²) in [7, 11) is -3.95. The Balaban J connectivity index is 1.24. The van der Waals surface area contributed by atoms with E-state index in [1.807, 2.05) is 48.2 Å². The number of hydrogen-bond acceptors (Lipinski definition) is 5. The lowest BCUT2D eigenvalue weighted by Gasteiger charge is -2.42. The third kappa shape index (κ3) is 6.09. The SMILES string of the molecule is CCOc1ccc(S(=O)(=O)N2Cc3ccccc3C[C@@H]2C(=O)N2CCN(C(c3ccccc3)c3ccccc3)CC2)cc1. The Bertz CT molecular complexity index is 1600. The van der Waals surface area contributed by atoms with Gasteiger partial charge in [0, 0.05) is 32.7 Å². The highest BCUT2D eigenvalue weighted by atomic mass is 32.2. The van der Waals surface area contributed by atoms with E-state index in [2.05, 4.69) is 53.4 Å². The first-order chi connectivity index (χ1) is 21.0. The average Bonchev–Trinajstić information content (AvgIpc) is 3.06. The molecule has 1 fully saturated rings. The number of ether oxygens (including phenoxy) is 1. The lowest BCUT2D eigenvalue weighted by Crippen LogP contribution is -2.57. The number of piperazine rings is 1. The van der Waals surface area contributed by atoms with Crippen LogP contribution in [-0.4, -0.2) is 67.3 Å². The van der Waals surface area contributed by atoms with Gasteiger partial charge in [0.15, 0.2) is 0 Å². The Labute approximate surface area is 254 Å². The molecule has 1 atom stereocenters. The van der Waals surface area contributed by atoms with Crippen molar-refractivity contribution in [3.8, 4) is 5.75 Å². The molecule has 0 aromatic heterocycles. The van der Waals surface area contributed by atoms with Gasteiger partial charge in [-0.2, -0.15) is 4.31 Å². The minimum atomic E-state index is -3.95. The molecule has 7 nitrogen and oxygen atoms in total. The summed E-state index contributed by atoms with van der Waals surface area (Å²) in [5.41, 5.74) is 4.38. The molecule has 4 aromatic rings. The van der Waals surface area contributed by atoms with Gasteiger partial charge in [-0.3, -0.25) is 9.69 Å². The van der Waals surface area contributed by atoms with Crippen molar-refractivity contribution in [3.05, 3.63) is 131 Å². The van der Waals surface area contributed by atoms with Crippen molar-refractivity contribution >= 4 is 15.9 Å². The van der Waals surface area contributed by atoms with E-state index in [0.717, 1.165) is 11.1 Å². The van der Waals surface area contributed by atoms with Crippen LogP contribution in [0.15, 0.2) is 114 Å². The second-order valence-corrected chi connectivity index (χ2v) is 12.9. The summed E-state index contributed by atoms with van der Waals surface area (Å²) < 4.78 is 35.0. The number of sulfonamides is 1. The molecular formula is C35H37N3O4S. The van der Waals surface area contributed by atoms with Gasteiger partial charge in [-0.25, -0.2) is 8.42 Å². The number of rotatable bonds is 8. The molecule has 222 valence electrons. The number of carbonyl (C=O) groups excluding carboxylic acids is 1. The lowest BCUT2D eigenvalue weighted by atomic mass is 9.94. The topological polar surface area (TPSA) is 70.2 Å². The molecule has 0 aliphatic carbocycles. The first-order valence-electron chi connectivity index (χ1n) is 14.9. The monoisotopic (exact) mass is 595 g/mol. The zero-order chi connectivity index (χ0) is 29.8. The zero-order valence-electron chi connectivity index (χ0n) is 24.4.